The molecule has 1 unspecified atom stereocenters. The van der Waals surface area contributed by atoms with Crippen molar-refractivity contribution in [2.75, 3.05) is 14.2 Å². The molecule has 3 N–H and O–H groups in total. The average Bonchev–Trinajstić information content (AvgIpc) is 2.30. The molecule has 1 atom stereocenters. The summed E-state index contributed by atoms with van der Waals surface area (Å²) < 4.78 is 10.4. The highest BCUT2D eigenvalue weighted by Crippen LogP contribution is 2.41. The molecule has 0 spiro atoms. The SMILES string of the molecule is COc1cc(C)c(Cl)c(C(N)CC(=O)O)c1OC. The molecule has 0 radical (unpaired) electrons. The van der Waals surface area contributed by atoms with E-state index in [1.54, 1.807) is 13.0 Å². The van der Waals surface area contributed by atoms with E-state index in [0.717, 1.165) is 5.56 Å². The molecule has 6 heteroatoms. The topological polar surface area (TPSA) is 81.8 Å². The normalized spacial score (nSPS) is 12.1. The van der Waals surface area contributed by atoms with Crippen LogP contribution in [0.3, 0.4) is 0 Å². The zero-order valence-electron chi connectivity index (χ0n) is 10.5. The Labute approximate surface area is 110 Å². The number of aryl methyl sites for hydroxylation is 1. The Balaban J connectivity index is 3.38. The fourth-order valence-electron chi connectivity index (χ4n) is 1.75. The van der Waals surface area contributed by atoms with Crippen LogP contribution in [0.25, 0.3) is 0 Å². The van der Waals surface area contributed by atoms with Gasteiger partial charge in [-0.3, -0.25) is 4.79 Å². The van der Waals surface area contributed by atoms with E-state index < -0.39 is 12.0 Å². The largest absolute Gasteiger partial charge is 0.493 e. The molecule has 0 amide bonds. The highest BCUT2D eigenvalue weighted by molar-refractivity contribution is 6.32. The van der Waals surface area contributed by atoms with Crippen molar-refractivity contribution in [2.45, 2.75) is 19.4 Å². The first-order valence-corrected chi connectivity index (χ1v) is 5.68. The van der Waals surface area contributed by atoms with E-state index in [9.17, 15) is 4.79 Å². The van der Waals surface area contributed by atoms with Gasteiger partial charge in [0.15, 0.2) is 11.5 Å². The van der Waals surface area contributed by atoms with Gasteiger partial charge in [-0.25, -0.2) is 0 Å². The van der Waals surface area contributed by atoms with E-state index >= 15 is 0 Å². The zero-order valence-corrected chi connectivity index (χ0v) is 11.2. The number of carboxylic acids is 1. The Kier molecular flexibility index (Phi) is 4.81. The summed E-state index contributed by atoms with van der Waals surface area (Å²) in [5.41, 5.74) is 7.08. The quantitative estimate of drug-likeness (QED) is 0.859. The summed E-state index contributed by atoms with van der Waals surface area (Å²) in [6.45, 7) is 1.79. The van der Waals surface area contributed by atoms with Crippen LogP contribution in [-0.2, 0) is 4.79 Å². The van der Waals surface area contributed by atoms with Crippen LogP contribution >= 0.6 is 11.6 Å². The van der Waals surface area contributed by atoms with Crippen molar-refractivity contribution in [1.82, 2.24) is 0 Å². The summed E-state index contributed by atoms with van der Waals surface area (Å²) in [6, 6.07) is 0.969. The van der Waals surface area contributed by atoms with E-state index in [4.69, 9.17) is 31.9 Å². The first kappa shape index (κ1) is 14.6. The first-order chi connectivity index (χ1) is 8.42. The van der Waals surface area contributed by atoms with Crippen LogP contribution in [-0.4, -0.2) is 25.3 Å². The number of rotatable bonds is 5. The molecule has 5 nitrogen and oxygen atoms in total. The van der Waals surface area contributed by atoms with Crippen LogP contribution in [0.1, 0.15) is 23.6 Å². The van der Waals surface area contributed by atoms with Crippen molar-refractivity contribution in [3.63, 3.8) is 0 Å². The van der Waals surface area contributed by atoms with E-state index in [2.05, 4.69) is 0 Å². The Morgan fingerprint density at radius 3 is 2.56 bits per heavy atom. The van der Waals surface area contributed by atoms with Gasteiger partial charge in [0, 0.05) is 11.6 Å². The van der Waals surface area contributed by atoms with Gasteiger partial charge in [0.05, 0.1) is 25.7 Å². The number of carbonyl (C=O) groups is 1. The third kappa shape index (κ3) is 2.86. The van der Waals surface area contributed by atoms with Crippen molar-refractivity contribution in [2.24, 2.45) is 5.73 Å². The number of nitrogens with two attached hydrogens (primary N) is 1. The molecule has 0 aliphatic rings. The molecule has 0 saturated carbocycles. The third-order valence-corrected chi connectivity index (χ3v) is 3.09. The summed E-state index contributed by atoms with van der Waals surface area (Å²) in [5, 5.41) is 9.20. The number of hydrogen-bond donors (Lipinski definition) is 2. The van der Waals surface area contributed by atoms with Gasteiger partial charge in [0.25, 0.3) is 0 Å². The molecule has 100 valence electrons. The van der Waals surface area contributed by atoms with Crippen LogP contribution in [0.4, 0.5) is 0 Å². The van der Waals surface area contributed by atoms with Crippen molar-refractivity contribution < 1.29 is 19.4 Å². The molecule has 1 rings (SSSR count). The highest BCUT2D eigenvalue weighted by Gasteiger charge is 2.23. The van der Waals surface area contributed by atoms with Crippen LogP contribution < -0.4 is 15.2 Å². The summed E-state index contributed by atoms with van der Waals surface area (Å²) in [5.74, 6) is -0.141. The maximum Gasteiger partial charge on any atom is 0.305 e. The van der Waals surface area contributed by atoms with Crippen molar-refractivity contribution in [3.8, 4) is 11.5 Å². The van der Waals surface area contributed by atoms with Gasteiger partial charge in [-0.2, -0.15) is 0 Å². The molecule has 1 aromatic rings. The van der Waals surface area contributed by atoms with Gasteiger partial charge in [-0.15, -0.1) is 0 Å². The lowest BCUT2D eigenvalue weighted by Gasteiger charge is -2.19. The van der Waals surface area contributed by atoms with Gasteiger partial charge >= 0.3 is 5.97 Å². The third-order valence-electron chi connectivity index (χ3n) is 2.59. The Morgan fingerprint density at radius 2 is 2.11 bits per heavy atom. The summed E-state index contributed by atoms with van der Waals surface area (Å²) in [4.78, 5) is 10.7. The number of ether oxygens (including phenoxy) is 2. The lowest BCUT2D eigenvalue weighted by Crippen LogP contribution is -2.17. The predicted molar refractivity (Wildman–Crippen MR) is 68.5 cm³/mol. The number of hydrogen-bond acceptors (Lipinski definition) is 4. The lowest BCUT2D eigenvalue weighted by atomic mass is 10.00. The van der Waals surface area contributed by atoms with Crippen molar-refractivity contribution in [1.29, 1.82) is 0 Å². The Hall–Kier alpha value is -1.46. The molecule has 0 aliphatic heterocycles. The van der Waals surface area contributed by atoms with Crippen molar-refractivity contribution >= 4 is 17.6 Å². The van der Waals surface area contributed by atoms with E-state index in [-0.39, 0.29) is 6.42 Å². The fraction of sp³-hybridized carbons (Fsp3) is 0.417. The number of halogens is 1. The molecule has 1 aromatic carbocycles. The summed E-state index contributed by atoms with van der Waals surface area (Å²) in [7, 11) is 2.96. The maximum absolute atomic E-state index is 10.7. The van der Waals surface area contributed by atoms with Crippen LogP contribution in [0.2, 0.25) is 5.02 Å². The van der Waals surface area contributed by atoms with Gasteiger partial charge < -0.3 is 20.3 Å². The number of benzene rings is 1. The first-order valence-electron chi connectivity index (χ1n) is 5.30. The summed E-state index contributed by atoms with van der Waals surface area (Å²) >= 11 is 6.18. The molecule has 0 aliphatic carbocycles. The predicted octanol–water partition coefficient (Wildman–Crippen LogP) is 2.14. The number of carboxylic acid groups (broad SMARTS) is 1. The van der Waals surface area contributed by atoms with Gasteiger partial charge in [-0.1, -0.05) is 11.6 Å². The average molecular weight is 274 g/mol. The van der Waals surface area contributed by atoms with E-state index in [0.29, 0.717) is 22.1 Å². The van der Waals surface area contributed by atoms with Gasteiger partial charge in [-0.05, 0) is 18.6 Å². The second-order valence-electron chi connectivity index (χ2n) is 3.86. The molecule has 0 heterocycles. The minimum absolute atomic E-state index is 0.233. The van der Waals surface area contributed by atoms with Gasteiger partial charge in [0.2, 0.25) is 0 Å². The smallest absolute Gasteiger partial charge is 0.305 e. The minimum atomic E-state index is -0.999. The Morgan fingerprint density at radius 1 is 1.50 bits per heavy atom. The molecule has 18 heavy (non-hydrogen) atoms. The monoisotopic (exact) mass is 273 g/mol. The number of aliphatic carboxylic acids is 1. The molecule has 0 fully saturated rings. The standard InChI is InChI=1S/C12H16ClNO4/c1-6-4-8(17-2)12(18-3)10(11(6)13)7(14)5-9(15)16/h4,7H,5,14H2,1-3H3,(H,15,16). The minimum Gasteiger partial charge on any atom is -0.493 e. The summed E-state index contributed by atoms with van der Waals surface area (Å²) in [6.07, 6.45) is -0.233. The molecule has 0 aromatic heterocycles. The molecule has 0 saturated heterocycles. The fourth-order valence-corrected chi connectivity index (χ4v) is 2.03. The van der Waals surface area contributed by atoms with Gasteiger partial charge in [0.1, 0.15) is 0 Å². The Bertz CT molecular complexity index is 462. The number of methoxy groups -OCH3 is 2. The van der Waals surface area contributed by atoms with Crippen LogP contribution in [0.5, 0.6) is 11.5 Å². The van der Waals surface area contributed by atoms with Crippen LogP contribution in [0.15, 0.2) is 6.07 Å². The molecular formula is C12H16ClNO4. The van der Waals surface area contributed by atoms with Crippen LogP contribution in [0, 0.1) is 6.92 Å². The van der Waals surface area contributed by atoms with E-state index in [1.165, 1.54) is 14.2 Å². The van der Waals surface area contributed by atoms with E-state index in [1.807, 2.05) is 0 Å². The highest BCUT2D eigenvalue weighted by atomic mass is 35.5. The zero-order chi connectivity index (χ0) is 13.9. The lowest BCUT2D eigenvalue weighted by molar-refractivity contribution is -0.137. The van der Waals surface area contributed by atoms with Crippen molar-refractivity contribution in [3.05, 3.63) is 22.2 Å². The maximum atomic E-state index is 10.7. The second kappa shape index (κ2) is 5.93. The molecule has 0 bridgehead atoms. The second-order valence-corrected chi connectivity index (χ2v) is 4.24. The molecular weight excluding hydrogens is 258 g/mol.